The minimum absolute atomic E-state index is 0.0273. The number of aryl methyl sites for hydroxylation is 2. The zero-order valence-electron chi connectivity index (χ0n) is 12.5. The van der Waals surface area contributed by atoms with E-state index < -0.39 is 0 Å². The Balaban J connectivity index is 1.89. The van der Waals surface area contributed by atoms with E-state index in [-0.39, 0.29) is 5.91 Å². The molecule has 1 amide bonds. The molecule has 21 heavy (non-hydrogen) atoms. The zero-order valence-corrected chi connectivity index (χ0v) is 12.5. The Hall–Kier alpha value is -2.13. The van der Waals surface area contributed by atoms with E-state index in [0.29, 0.717) is 0 Å². The van der Waals surface area contributed by atoms with Crippen molar-refractivity contribution in [3.63, 3.8) is 0 Å². The number of nitrogens with one attached hydrogen (secondary N) is 2. The molecule has 0 spiro atoms. The van der Waals surface area contributed by atoms with Crippen LogP contribution >= 0.6 is 0 Å². The number of carbonyl (C=O) groups is 1. The molecule has 1 heterocycles. The third-order valence-corrected chi connectivity index (χ3v) is 3.87. The number of amides is 1. The van der Waals surface area contributed by atoms with Crippen LogP contribution in [0, 0.1) is 13.8 Å². The van der Waals surface area contributed by atoms with Crippen molar-refractivity contribution in [2.75, 3.05) is 11.9 Å². The molecular weight excluding hydrogens is 260 g/mol. The maximum absolute atomic E-state index is 12.6. The Morgan fingerprint density at radius 3 is 2.67 bits per heavy atom. The molecule has 0 aromatic heterocycles. The molecule has 0 unspecified atom stereocenters. The highest BCUT2D eigenvalue weighted by atomic mass is 16.1. The molecule has 0 bridgehead atoms. The van der Waals surface area contributed by atoms with Gasteiger partial charge in [0.05, 0.1) is 0 Å². The summed E-state index contributed by atoms with van der Waals surface area (Å²) < 4.78 is 0. The molecule has 1 aliphatic heterocycles. The molecular formula is C18H20N2O. The smallest absolute Gasteiger partial charge is 0.255 e. The van der Waals surface area contributed by atoms with Gasteiger partial charge in [0.1, 0.15) is 0 Å². The lowest BCUT2D eigenvalue weighted by atomic mass is 9.95. The standard InChI is InChI=1S/C18H20N2O/c1-12-8-13(2)10-15(9-12)20-18(21)16-5-3-4-14-6-7-19-11-17(14)16/h3-5,8-10,19H,6-7,11H2,1-2H3,(H,20,21). The zero-order chi connectivity index (χ0) is 14.8. The van der Waals surface area contributed by atoms with E-state index in [2.05, 4.69) is 22.8 Å². The first kappa shape index (κ1) is 13.8. The van der Waals surface area contributed by atoms with Crippen molar-refractivity contribution >= 4 is 11.6 Å². The first-order chi connectivity index (χ1) is 10.1. The third kappa shape index (κ3) is 2.98. The van der Waals surface area contributed by atoms with Gasteiger partial charge in [-0.15, -0.1) is 0 Å². The Kier molecular flexibility index (Phi) is 3.76. The maximum atomic E-state index is 12.6. The van der Waals surface area contributed by atoms with Gasteiger partial charge in [0.2, 0.25) is 0 Å². The van der Waals surface area contributed by atoms with E-state index in [1.807, 2.05) is 38.1 Å². The van der Waals surface area contributed by atoms with Gasteiger partial charge in [-0.05, 0) is 67.3 Å². The SMILES string of the molecule is Cc1cc(C)cc(NC(=O)c2cccc3c2CNCC3)c1. The molecule has 2 aromatic rings. The lowest BCUT2D eigenvalue weighted by Gasteiger charge is -2.20. The van der Waals surface area contributed by atoms with Gasteiger partial charge in [0, 0.05) is 17.8 Å². The van der Waals surface area contributed by atoms with Crippen LogP contribution in [0.25, 0.3) is 0 Å². The summed E-state index contributed by atoms with van der Waals surface area (Å²) in [5.74, 6) is -0.0273. The molecule has 2 aromatic carbocycles. The topological polar surface area (TPSA) is 41.1 Å². The number of benzene rings is 2. The molecule has 0 aliphatic carbocycles. The molecule has 3 nitrogen and oxygen atoms in total. The quantitative estimate of drug-likeness (QED) is 0.887. The summed E-state index contributed by atoms with van der Waals surface area (Å²) in [5.41, 5.74) is 6.36. The van der Waals surface area contributed by atoms with E-state index in [1.165, 1.54) is 5.56 Å². The Labute approximate surface area is 125 Å². The molecule has 2 N–H and O–H groups in total. The van der Waals surface area contributed by atoms with Crippen LogP contribution in [0.3, 0.4) is 0 Å². The largest absolute Gasteiger partial charge is 0.322 e. The summed E-state index contributed by atoms with van der Waals surface area (Å²) in [6.07, 6.45) is 0.986. The molecule has 0 saturated heterocycles. The number of carbonyl (C=O) groups excluding carboxylic acids is 1. The van der Waals surface area contributed by atoms with Crippen molar-refractivity contribution in [2.45, 2.75) is 26.8 Å². The maximum Gasteiger partial charge on any atom is 0.255 e. The summed E-state index contributed by atoms with van der Waals surface area (Å²) in [5, 5.41) is 6.36. The van der Waals surface area contributed by atoms with Gasteiger partial charge in [0.25, 0.3) is 5.91 Å². The molecule has 0 atom stereocenters. The van der Waals surface area contributed by atoms with E-state index in [1.54, 1.807) is 0 Å². The second-order valence-electron chi connectivity index (χ2n) is 5.70. The molecule has 0 saturated carbocycles. The number of anilines is 1. The monoisotopic (exact) mass is 280 g/mol. The Morgan fingerprint density at radius 2 is 1.90 bits per heavy atom. The summed E-state index contributed by atoms with van der Waals surface area (Å²) >= 11 is 0. The second-order valence-corrected chi connectivity index (χ2v) is 5.70. The fourth-order valence-corrected chi connectivity index (χ4v) is 2.97. The van der Waals surface area contributed by atoms with Gasteiger partial charge in [-0.1, -0.05) is 18.2 Å². The summed E-state index contributed by atoms with van der Waals surface area (Å²) in [4.78, 5) is 12.6. The summed E-state index contributed by atoms with van der Waals surface area (Å²) in [6.45, 7) is 5.83. The molecule has 3 rings (SSSR count). The van der Waals surface area contributed by atoms with Crippen LogP contribution in [-0.4, -0.2) is 12.5 Å². The minimum atomic E-state index is -0.0273. The predicted molar refractivity (Wildman–Crippen MR) is 85.7 cm³/mol. The number of fused-ring (bicyclic) bond motifs is 1. The lowest BCUT2D eigenvalue weighted by Crippen LogP contribution is -2.27. The molecule has 108 valence electrons. The normalized spacial score (nSPS) is 13.6. The van der Waals surface area contributed by atoms with Crippen LogP contribution in [0.4, 0.5) is 5.69 Å². The van der Waals surface area contributed by atoms with Gasteiger partial charge in [-0.2, -0.15) is 0 Å². The lowest BCUT2D eigenvalue weighted by molar-refractivity contribution is 0.102. The van der Waals surface area contributed by atoms with Crippen molar-refractivity contribution in [3.8, 4) is 0 Å². The van der Waals surface area contributed by atoms with Crippen LogP contribution in [0.5, 0.6) is 0 Å². The highest BCUT2D eigenvalue weighted by Gasteiger charge is 2.17. The molecule has 1 aliphatic rings. The highest BCUT2D eigenvalue weighted by molar-refractivity contribution is 6.05. The number of hydrogen-bond donors (Lipinski definition) is 2. The van der Waals surface area contributed by atoms with Crippen LogP contribution in [-0.2, 0) is 13.0 Å². The van der Waals surface area contributed by atoms with E-state index in [9.17, 15) is 4.79 Å². The van der Waals surface area contributed by atoms with Gasteiger partial charge in [-0.3, -0.25) is 4.79 Å². The molecule has 0 radical (unpaired) electrons. The second kappa shape index (κ2) is 5.70. The van der Waals surface area contributed by atoms with Gasteiger partial charge < -0.3 is 10.6 Å². The molecule has 0 fully saturated rings. The first-order valence-corrected chi connectivity index (χ1v) is 7.34. The number of hydrogen-bond acceptors (Lipinski definition) is 2. The van der Waals surface area contributed by atoms with Crippen molar-refractivity contribution in [1.82, 2.24) is 5.32 Å². The molecule has 3 heteroatoms. The average Bonchev–Trinajstić information content (AvgIpc) is 2.45. The van der Waals surface area contributed by atoms with E-state index >= 15 is 0 Å². The first-order valence-electron chi connectivity index (χ1n) is 7.34. The van der Waals surface area contributed by atoms with E-state index in [0.717, 1.165) is 47.5 Å². The third-order valence-electron chi connectivity index (χ3n) is 3.87. The van der Waals surface area contributed by atoms with Crippen molar-refractivity contribution in [1.29, 1.82) is 0 Å². The fourth-order valence-electron chi connectivity index (χ4n) is 2.97. The van der Waals surface area contributed by atoms with Crippen LogP contribution < -0.4 is 10.6 Å². The predicted octanol–water partition coefficient (Wildman–Crippen LogP) is 3.20. The number of rotatable bonds is 2. The fraction of sp³-hybridized carbons (Fsp3) is 0.278. The Bertz CT molecular complexity index is 671. The average molecular weight is 280 g/mol. The van der Waals surface area contributed by atoms with Crippen LogP contribution in [0.15, 0.2) is 36.4 Å². The minimum Gasteiger partial charge on any atom is -0.322 e. The van der Waals surface area contributed by atoms with Gasteiger partial charge in [-0.25, -0.2) is 0 Å². The van der Waals surface area contributed by atoms with Crippen molar-refractivity contribution < 1.29 is 4.79 Å². The Morgan fingerprint density at radius 1 is 1.14 bits per heavy atom. The van der Waals surface area contributed by atoms with Crippen LogP contribution in [0.1, 0.15) is 32.6 Å². The van der Waals surface area contributed by atoms with Crippen LogP contribution in [0.2, 0.25) is 0 Å². The van der Waals surface area contributed by atoms with Gasteiger partial charge in [0.15, 0.2) is 0 Å². The summed E-state index contributed by atoms with van der Waals surface area (Å²) in [7, 11) is 0. The van der Waals surface area contributed by atoms with E-state index in [4.69, 9.17) is 0 Å². The van der Waals surface area contributed by atoms with Crippen molar-refractivity contribution in [3.05, 3.63) is 64.2 Å². The van der Waals surface area contributed by atoms with Crippen molar-refractivity contribution in [2.24, 2.45) is 0 Å². The summed E-state index contributed by atoms with van der Waals surface area (Å²) in [6, 6.07) is 12.1. The highest BCUT2D eigenvalue weighted by Crippen LogP contribution is 2.21. The van der Waals surface area contributed by atoms with Gasteiger partial charge >= 0.3 is 0 Å².